The minimum absolute atomic E-state index is 0.117. The fraction of sp³-hybridized carbons (Fsp3) is 0.417. The molecule has 1 aromatic carbocycles. The zero-order chi connectivity index (χ0) is 13.2. The van der Waals surface area contributed by atoms with E-state index in [0.717, 1.165) is 0 Å². The second kappa shape index (κ2) is 5.47. The predicted molar refractivity (Wildman–Crippen MR) is 62.5 cm³/mol. The molecule has 0 radical (unpaired) electrons. The van der Waals surface area contributed by atoms with E-state index in [0.29, 0.717) is 11.1 Å². The molecule has 5 heteroatoms. The molecular formula is C12H14ClFO3. The largest absolute Gasteiger partial charge is 0.464 e. The van der Waals surface area contributed by atoms with Gasteiger partial charge in [0.25, 0.3) is 0 Å². The van der Waals surface area contributed by atoms with E-state index in [9.17, 15) is 14.3 Å². The lowest BCUT2D eigenvalue weighted by Crippen LogP contribution is -2.18. The molecule has 0 fully saturated rings. The van der Waals surface area contributed by atoms with Crippen molar-refractivity contribution in [3.63, 3.8) is 0 Å². The number of ether oxygens (including phenoxy) is 1. The number of carbonyl (C=O) groups excluding carboxylic acids is 1. The van der Waals surface area contributed by atoms with Crippen LogP contribution in [0.15, 0.2) is 6.07 Å². The highest BCUT2D eigenvalue weighted by Gasteiger charge is 2.26. The summed E-state index contributed by atoms with van der Waals surface area (Å²) >= 11 is 5.68. The van der Waals surface area contributed by atoms with Gasteiger partial charge in [-0.05, 0) is 38.0 Å². The van der Waals surface area contributed by atoms with Gasteiger partial charge < -0.3 is 9.84 Å². The fourth-order valence-corrected chi connectivity index (χ4v) is 1.80. The van der Waals surface area contributed by atoms with Crippen LogP contribution in [0.5, 0.6) is 0 Å². The third-order valence-corrected chi connectivity index (χ3v) is 2.84. The topological polar surface area (TPSA) is 46.5 Å². The third kappa shape index (κ3) is 2.76. The molecule has 94 valence electrons. The summed E-state index contributed by atoms with van der Waals surface area (Å²) in [5.41, 5.74) is 1.08. The minimum Gasteiger partial charge on any atom is -0.464 e. The quantitative estimate of drug-likeness (QED) is 0.850. The molecule has 0 saturated heterocycles. The fourth-order valence-electron chi connectivity index (χ4n) is 1.53. The van der Waals surface area contributed by atoms with Crippen molar-refractivity contribution >= 4 is 17.6 Å². The summed E-state index contributed by atoms with van der Waals surface area (Å²) in [6, 6.07) is 1.45. The van der Waals surface area contributed by atoms with E-state index in [1.165, 1.54) is 6.07 Å². The number of carbonyl (C=O) groups is 1. The van der Waals surface area contributed by atoms with Gasteiger partial charge in [0, 0.05) is 5.56 Å². The summed E-state index contributed by atoms with van der Waals surface area (Å²) in [4.78, 5) is 11.4. The van der Waals surface area contributed by atoms with E-state index in [4.69, 9.17) is 11.6 Å². The Hall–Kier alpha value is -1.13. The molecule has 0 aliphatic rings. The van der Waals surface area contributed by atoms with Crippen LogP contribution in [0.25, 0.3) is 0 Å². The van der Waals surface area contributed by atoms with Crippen molar-refractivity contribution in [2.75, 3.05) is 6.61 Å². The highest BCUT2D eigenvalue weighted by molar-refractivity contribution is 6.31. The molecule has 17 heavy (non-hydrogen) atoms. The van der Waals surface area contributed by atoms with Crippen LogP contribution < -0.4 is 0 Å². The lowest BCUT2D eigenvalue weighted by Gasteiger charge is -2.16. The lowest BCUT2D eigenvalue weighted by molar-refractivity contribution is -0.153. The van der Waals surface area contributed by atoms with Gasteiger partial charge in [0.15, 0.2) is 6.10 Å². The molecule has 1 aromatic rings. The molecule has 1 N–H and O–H groups in total. The van der Waals surface area contributed by atoms with Gasteiger partial charge in [-0.25, -0.2) is 9.18 Å². The number of hydrogen-bond donors (Lipinski definition) is 1. The molecule has 0 aliphatic carbocycles. The third-order valence-electron chi connectivity index (χ3n) is 2.57. The Bertz CT molecular complexity index is 420. The highest BCUT2D eigenvalue weighted by atomic mass is 35.5. The molecular weight excluding hydrogens is 247 g/mol. The molecule has 0 amide bonds. The van der Waals surface area contributed by atoms with E-state index >= 15 is 0 Å². The smallest absolute Gasteiger partial charge is 0.339 e. The number of aliphatic hydroxyl groups excluding tert-OH is 1. The Morgan fingerprint density at radius 3 is 2.71 bits per heavy atom. The predicted octanol–water partition coefficient (Wildman–Crippen LogP) is 2.69. The normalized spacial score (nSPS) is 12.4. The molecule has 0 heterocycles. The van der Waals surface area contributed by atoms with Gasteiger partial charge in [-0.1, -0.05) is 11.6 Å². The van der Waals surface area contributed by atoms with Crippen LogP contribution >= 0.6 is 11.6 Å². The van der Waals surface area contributed by atoms with E-state index in [1.54, 1.807) is 20.8 Å². The van der Waals surface area contributed by atoms with Crippen molar-refractivity contribution in [3.8, 4) is 0 Å². The van der Waals surface area contributed by atoms with Crippen molar-refractivity contribution in [3.05, 3.63) is 33.6 Å². The lowest BCUT2D eigenvalue weighted by atomic mass is 9.98. The Morgan fingerprint density at radius 2 is 2.18 bits per heavy atom. The maximum absolute atomic E-state index is 13.8. The molecule has 0 spiro atoms. The summed E-state index contributed by atoms with van der Waals surface area (Å²) in [5.74, 6) is -1.66. The molecule has 1 unspecified atom stereocenters. The van der Waals surface area contributed by atoms with Crippen molar-refractivity contribution in [2.24, 2.45) is 0 Å². The van der Waals surface area contributed by atoms with Crippen molar-refractivity contribution in [2.45, 2.75) is 26.9 Å². The summed E-state index contributed by atoms with van der Waals surface area (Å²) in [7, 11) is 0. The number of aliphatic hydroxyl groups is 1. The van der Waals surface area contributed by atoms with Crippen LogP contribution in [0.4, 0.5) is 4.39 Å². The summed E-state index contributed by atoms with van der Waals surface area (Å²) in [6.45, 7) is 5.07. The van der Waals surface area contributed by atoms with Gasteiger partial charge in [0.05, 0.1) is 11.6 Å². The van der Waals surface area contributed by atoms with Crippen LogP contribution in [0.1, 0.15) is 29.7 Å². The Labute approximate surface area is 104 Å². The number of halogens is 2. The van der Waals surface area contributed by atoms with Crippen molar-refractivity contribution < 1.29 is 19.0 Å². The second-order valence-corrected chi connectivity index (χ2v) is 4.09. The highest BCUT2D eigenvalue weighted by Crippen LogP contribution is 2.30. The van der Waals surface area contributed by atoms with Gasteiger partial charge in [-0.3, -0.25) is 0 Å². The Morgan fingerprint density at radius 1 is 1.59 bits per heavy atom. The monoisotopic (exact) mass is 260 g/mol. The van der Waals surface area contributed by atoms with Crippen LogP contribution in [-0.2, 0) is 9.53 Å². The first-order valence-corrected chi connectivity index (χ1v) is 5.57. The molecule has 1 atom stereocenters. The van der Waals surface area contributed by atoms with Gasteiger partial charge in [0.2, 0.25) is 0 Å². The Kier molecular flexibility index (Phi) is 4.48. The van der Waals surface area contributed by atoms with E-state index in [-0.39, 0.29) is 17.2 Å². The van der Waals surface area contributed by atoms with Gasteiger partial charge in [0.1, 0.15) is 5.82 Å². The molecule has 0 aliphatic heterocycles. The zero-order valence-electron chi connectivity index (χ0n) is 9.88. The standard InChI is InChI=1S/C12H14ClFO3/c1-4-17-12(16)11(15)9-7(3)6(2)5-8(13)10(9)14/h5,11,15H,4H2,1-3H3. The number of esters is 1. The van der Waals surface area contributed by atoms with E-state index in [2.05, 4.69) is 4.74 Å². The first-order valence-electron chi connectivity index (χ1n) is 5.19. The van der Waals surface area contributed by atoms with Crippen molar-refractivity contribution in [1.82, 2.24) is 0 Å². The number of benzene rings is 1. The van der Waals surface area contributed by atoms with Crippen molar-refractivity contribution in [1.29, 1.82) is 0 Å². The van der Waals surface area contributed by atoms with Crippen LogP contribution in [0.2, 0.25) is 5.02 Å². The van der Waals surface area contributed by atoms with E-state index in [1.807, 2.05) is 0 Å². The van der Waals surface area contributed by atoms with Gasteiger partial charge in [-0.15, -0.1) is 0 Å². The SMILES string of the molecule is CCOC(=O)C(O)c1c(C)c(C)cc(Cl)c1F. The first kappa shape index (κ1) is 13.9. The van der Waals surface area contributed by atoms with Crippen LogP contribution in [0, 0.1) is 19.7 Å². The number of rotatable bonds is 3. The number of hydrogen-bond acceptors (Lipinski definition) is 3. The Balaban J connectivity index is 3.25. The van der Waals surface area contributed by atoms with Crippen LogP contribution in [-0.4, -0.2) is 17.7 Å². The maximum atomic E-state index is 13.8. The molecule has 3 nitrogen and oxygen atoms in total. The van der Waals surface area contributed by atoms with Gasteiger partial charge in [-0.2, -0.15) is 0 Å². The van der Waals surface area contributed by atoms with E-state index < -0.39 is 17.9 Å². The summed E-state index contributed by atoms with van der Waals surface area (Å²) < 4.78 is 18.4. The zero-order valence-corrected chi connectivity index (χ0v) is 10.6. The molecule has 0 bridgehead atoms. The summed E-state index contributed by atoms with van der Waals surface area (Å²) in [5, 5.41) is 9.64. The number of aryl methyl sites for hydroxylation is 1. The summed E-state index contributed by atoms with van der Waals surface area (Å²) in [6.07, 6.45) is -1.65. The first-order chi connectivity index (χ1) is 7.90. The molecule has 0 saturated carbocycles. The average molecular weight is 261 g/mol. The minimum atomic E-state index is -1.65. The van der Waals surface area contributed by atoms with Gasteiger partial charge >= 0.3 is 5.97 Å². The second-order valence-electron chi connectivity index (χ2n) is 3.68. The maximum Gasteiger partial charge on any atom is 0.339 e. The average Bonchev–Trinajstić information content (AvgIpc) is 2.27. The van der Waals surface area contributed by atoms with Crippen LogP contribution in [0.3, 0.4) is 0 Å². The molecule has 1 rings (SSSR count). The molecule has 0 aromatic heterocycles.